The van der Waals surface area contributed by atoms with Gasteiger partial charge in [0.25, 0.3) is 0 Å². The van der Waals surface area contributed by atoms with Crippen molar-refractivity contribution < 1.29 is 19.3 Å². The lowest BCUT2D eigenvalue weighted by molar-refractivity contribution is 0.0575. The molecule has 0 aliphatic rings. The van der Waals surface area contributed by atoms with Crippen LogP contribution in [0.5, 0.6) is 0 Å². The average Bonchev–Trinajstić information content (AvgIpc) is 2.31. The molecular weight excluding hydrogens is 208 g/mol. The van der Waals surface area contributed by atoms with E-state index in [1.807, 2.05) is 0 Å². The van der Waals surface area contributed by atoms with Crippen molar-refractivity contribution in [2.24, 2.45) is 0 Å². The summed E-state index contributed by atoms with van der Waals surface area (Å²) in [6, 6.07) is 0. The van der Waals surface area contributed by atoms with Crippen molar-refractivity contribution in [1.82, 2.24) is 0 Å². The summed E-state index contributed by atoms with van der Waals surface area (Å²) < 4.78 is 15.9. The van der Waals surface area contributed by atoms with Gasteiger partial charge in [0.05, 0.1) is 6.61 Å². The quantitative estimate of drug-likeness (QED) is 0.457. The highest BCUT2D eigenvalue weighted by molar-refractivity contribution is 4.39. The van der Waals surface area contributed by atoms with Gasteiger partial charge in [-0.1, -0.05) is 6.92 Å². The van der Waals surface area contributed by atoms with Gasteiger partial charge >= 0.3 is 0 Å². The highest BCUT2D eigenvalue weighted by Crippen LogP contribution is 1.90. The lowest BCUT2D eigenvalue weighted by Crippen LogP contribution is -2.05. The van der Waals surface area contributed by atoms with Crippen LogP contribution < -0.4 is 0 Å². The van der Waals surface area contributed by atoms with Gasteiger partial charge in [0, 0.05) is 39.6 Å². The van der Waals surface area contributed by atoms with Crippen LogP contribution in [-0.4, -0.2) is 46.2 Å². The lowest BCUT2D eigenvalue weighted by atomic mass is 10.4. The van der Waals surface area contributed by atoms with E-state index in [0.717, 1.165) is 45.7 Å². The molecule has 0 aromatic rings. The molecule has 0 aromatic carbocycles. The van der Waals surface area contributed by atoms with Crippen molar-refractivity contribution in [3.05, 3.63) is 0 Å². The Hall–Kier alpha value is -0.160. The number of hydrogen-bond acceptors (Lipinski definition) is 3. The van der Waals surface area contributed by atoms with Gasteiger partial charge in [-0.15, -0.1) is 0 Å². The smallest absolute Gasteiger partial charge is 0.0844 e. The van der Waals surface area contributed by atoms with Gasteiger partial charge in [-0.05, 0) is 25.7 Å². The highest BCUT2D eigenvalue weighted by atomic mass is 16.5. The first-order valence-electron chi connectivity index (χ1n) is 6.23. The minimum absolute atomic E-state index is 0.0474. The first-order valence-corrected chi connectivity index (χ1v) is 6.23. The Kier molecular flexibility index (Phi) is 14.7. The van der Waals surface area contributed by atoms with Crippen LogP contribution >= 0.6 is 0 Å². The second-order valence-corrected chi connectivity index (χ2v) is 3.60. The first kappa shape index (κ1) is 15.8. The molecule has 0 saturated heterocycles. The van der Waals surface area contributed by atoms with E-state index in [4.69, 9.17) is 14.2 Å². The van der Waals surface area contributed by atoms with Crippen molar-refractivity contribution in [2.75, 3.05) is 46.2 Å². The monoisotopic (exact) mass is 233 g/mol. The summed E-state index contributed by atoms with van der Waals surface area (Å²) in [7, 11) is 0. The number of ether oxygens (including phenoxy) is 3. The van der Waals surface area contributed by atoms with Gasteiger partial charge in [0.15, 0.2) is 0 Å². The van der Waals surface area contributed by atoms with Crippen LogP contribution in [0.2, 0.25) is 0 Å². The average molecular weight is 233 g/mol. The van der Waals surface area contributed by atoms with E-state index in [2.05, 4.69) is 6.92 Å². The zero-order chi connectivity index (χ0) is 11.9. The van der Waals surface area contributed by atoms with E-state index in [9.17, 15) is 5.11 Å². The fourth-order valence-electron chi connectivity index (χ4n) is 1.14. The van der Waals surface area contributed by atoms with E-state index in [1.165, 1.54) is 0 Å². The van der Waals surface area contributed by atoms with Crippen LogP contribution in [0.1, 0.15) is 32.6 Å². The Morgan fingerprint density at radius 2 is 1.12 bits per heavy atom. The molecule has 0 heterocycles. The highest BCUT2D eigenvalue weighted by Gasteiger charge is 1.92. The van der Waals surface area contributed by atoms with Crippen LogP contribution in [0.25, 0.3) is 0 Å². The molecule has 0 N–H and O–H groups in total. The molecule has 0 unspecified atom stereocenters. The molecule has 0 atom stereocenters. The summed E-state index contributed by atoms with van der Waals surface area (Å²) >= 11 is 0. The molecule has 97 valence electrons. The molecule has 4 nitrogen and oxygen atoms in total. The van der Waals surface area contributed by atoms with Crippen LogP contribution in [0, 0.1) is 0 Å². The normalized spacial score (nSPS) is 10.9. The third-order valence-electron chi connectivity index (χ3n) is 1.94. The standard InChI is InChI=1S/C12H25O4/c1-2-7-14-9-4-11-16-12-5-10-15-8-3-6-13/h2-12H2,1H3. The van der Waals surface area contributed by atoms with Crippen LogP contribution in [0.4, 0.5) is 0 Å². The molecule has 0 aliphatic carbocycles. The Labute approximate surface area is 98.9 Å². The lowest BCUT2D eigenvalue weighted by Gasteiger charge is -2.05. The summed E-state index contributed by atoms with van der Waals surface area (Å²) in [5.41, 5.74) is 0. The second-order valence-electron chi connectivity index (χ2n) is 3.60. The van der Waals surface area contributed by atoms with Gasteiger partial charge in [0.1, 0.15) is 0 Å². The molecule has 16 heavy (non-hydrogen) atoms. The minimum Gasteiger partial charge on any atom is -0.381 e. The molecule has 0 amide bonds. The Balaban J connectivity index is 2.83. The third kappa shape index (κ3) is 13.8. The predicted molar refractivity (Wildman–Crippen MR) is 62.2 cm³/mol. The fraction of sp³-hybridized carbons (Fsp3) is 1.00. The first-order chi connectivity index (χ1) is 7.91. The largest absolute Gasteiger partial charge is 0.381 e. The molecule has 0 rings (SSSR count). The predicted octanol–water partition coefficient (Wildman–Crippen LogP) is 2.05. The summed E-state index contributed by atoms with van der Waals surface area (Å²) in [5, 5.41) is 10.1. The molecule has 4 heteroatoms. The van der Waals surface area contributed by atoms with E-state index < -0.39 is 0 Å². The zero-order valence-corrected chi connectivity index (χ0v) is 10.4. The molecule has 0 saturated carbocycles. The number of hydrogen-bond donors (Lipinski definition) is 0. The summed E-state index contributed by atoms with van der Waals surface area (Å²) in [4.78, 5) is 0. The molecule has 1 radical (unpaired) electrons. The van der Waals surface area contributed by atoms with Crippen molar-refractivity contribution >= 4 is 0 Å². The molecular formula is C12H25O4. The van der Waals surface area contributed by atoms with Crippen molar-refractivity contribution in [3.8, 4) is 0 Å². The van der Waals surface area contributed by atoms with Crippen LogP contribution in [0.3, 0.4) is 0 Å². The van der Waals surface area contributed by atoms with Gasteiger partial charge in [-0.3, -0.25) is 0 Å². The summed E-state index contributed by atoms with van der Waals surface area (Å²) in [6.07, 6.45) is 3.53. The zero-order valence-electron chi connectivity index (χ0n) is 10.4. The summed E-state index contributed by atoms with van der Waals surface area (Å²) in [6.45, 7) is 6.43. The van der Waals surface area contributed by atoms with E-state index >= 15 is 0 Å². The Bertz CT molecular complexity index is 106. The maximum absolute atomic E-state index is 10.1. The van der Waals surface area contributed by atoms with E-state index in [-0.39, 0.29) is 6.61 Å². The molecule has 0 bridgehead atoms. The number of rotatable bonds is 13. The molecule has 0 spiro atoms. The molecule has 0 fully saturated rings. The Morgan fingerprint density at radius 1 is 0.688 bits per heavy atom. The van der Waals surface area contributed by atoms with E-state index in [1.54, 1.807) is 0 Å². The second kappa shape index (κ2) is 14.8. The SMILES string of the molecule is CCCOCCCOCCCOCCC[O]. The third-order valence-corrected chi connectivity index (χ3v) is 1.94. The van der Waals surface area contributed by atoms with Crippen molar-refractivity contribution in [3.63, 3.8) is 0 Å². The van der Waals surface area contributed by atoms with Crippen molar-refractivity contribution in [2.45, 2.75) is 32.6 Å². The molecule has 0 aromatic heterocycles. The maximum atomic E-state index is 10.1. The van der Waals surface area contributed by atoms with Crippen molar-refractivity contribution in [1.29, 1.82) is 0 Å². The van der Waals surface area contributed by atoms with Crippen LogP contribution in [0.15, 0.2) is 0 Å². The topological polar surface area (TPSA) is 47.6 Å². The fourth-order valence-corrected chi connectivity index (χ4v) is 1.14. The summed E-state index contributed by atoms with van der Waals surface area (Å²) in [5.74, 6) is 0. The van der Waals surface area contributed by atoms with Gasteiger partial charge in [-0.25, -0.2) is 5.11 Å². The van der Waals surface area contributed by atoms with E-state index in [0.29, 0.717) is 19.6 Å². The minimum atomic E-state index is -0.0474. The maximum Gasteiger partial charge on any atom is 0.0844 e. The van der Waals surface area contributed by atoms with Gasteiger partial charge in [0.2, 0.25) is 0 Å². The Morgan fingerprint density at radius 3 is 1.56 bits per heavy atom. The van der Waals surface area contributed by atoms with Gasteiger partial charge in [-0.2, -0.15) is 0 Å². The molecule has 0 aliphatic heterocycles. The van der Waals surface area contributed by atoms with Gasteiger partial charge < -0.3 is 14.2 Å². The van der Waals surface area contributed by atoms with Crippen LogP contribution in [-0.2, 0) is 19.3 Å².